The first-order valence-electron chi connectivity index (χ1n) is 3.70. The summed E-state index contributed by atoms with van der Waals surface area (Å²) in [6.07, 6.45) is 1.94. The Labute approximate surface area is 65.4 Å². The monoisotopic (exact) mass is 150 g/mol. The maximum absolute atomic E-state index is 5.37. The van der Waals surface area contributed by atoms with Gasteiger partial charge in [0, 0.05) is 12.7 Å². The van der Waals surface area contributed by atoms with Crippen LogP contribution in [0, 0.1) is 0 Å². The van der Waals surface area contributed by atoms with E-state index in [1.54, 1.807) is 6.20 Å². The van der Waals surface area contributed by atoms with E-state index in [4.69, 9.17) is 4.74 Å². The van der Waals surface area contributed by atoms with E-state index in [1.165, 1.54) is 0 Å². The molecule has 1 aromatic heterocycles. The number of nitrogens with zero attached hydrogens (tertiary/aromatic N) is 1. The molecule has 0 radical (unpaired) electrons. The van der Waals surface area contributed by atoms with Crippen LogP contribution >= 0.6 is 0 Å². The van der Waals surface area contributed by atoms with E-state index in [0.717, 1.165) is 12.2 Å². The Bertz CT molecular complexity index is 219. The summed E-state index contributed by atoms with van der Waals surface area (Å²) < 4.78 is 5.37. The van der Waals surface area contributed by atoms with Crippen LogP contribution in [0.15, 0.2) is 24.4 Å². The van der Waals surface area contributed by atoms with Gasteiger partial charge in [-0.1, -0.05) is 6.07 Å². The van der Waals surface area contributed by atoms with Gasteiger partial charge < -0.3 is 4.74 Å². The van der Waals surface area contributed by atoms with E-state index < -0.39 is 0 Å². The third kappa shape index (κ3) is 1.39. The normalized spacial score (nSPS) is 23.8. The van der Waals surface area contributed by atoms with Crippen molar-refractivity contribution in [2.24, 2.45) is 0 Å². The van der Waals surface area contributed by atoms with Gasteiger partial charge in [0.1, 0.15) is 6.10 Å². The van der Waals surface area contributed by atoms with Gasteiger partial charge in [0.2, 0.25) is 0 Å². The van der Waals surface area contributed by atoms with Gasteiger partial charge in [-0.2, -0.15) is 0 Å². The maximum Gasteiger partial charge on any atom is 0.114 e. The Morgan fingerprint density at radius 3 is 3.18 bits per heavy atom. The van der Waals surface area contributed by atoms with Gasteiger partial charge >= 0.3 is 0 Å². The van der Waals surface area contributed by atoms with E-state index >= 15 is 0 Å². The van der Waals surface area contributed by atoms with Crippen LogP contribution in [0.1, 0.15) is 11.8 Å². The van der Waals surface area contributed by atoms with E-state index in [2.05, 4.69) is 10.3 Å². The average Bonchev–Trinajstić information content (AvgIpc) is 2.58. The minimum Gasteiger partial charge on any atom is -0.355 e. The molecule has 2 rings (SSSR count). The zero-order valence-electron chi connectivity index (χ0n) is 6.16. The molecule has 0 amide bonds. The Morgan fingerprint density at radius 1 is 1.55 bits per heavy atom. The van der Waals surface area contributed by atoms with E-state index in [1.807, 2.05) is 18.2 Å². The first-order valence-corrected chi connectivity index (χ1v) is 3.70. The van der Waals surface area contributed by atoms with Gasteiger partial charge in [0.25, 0.3) is 0 Å². The minimum atomic E-state index is 0.149. The fourth-order valence-electron chi connectivity index (χ4n) is 1.16. The lowest BCUT2D eigenvalue weighted by Gasteiger charge is -2.05. The lowest BCUT2D eigenvalue weighted by Crippen LogP contribution is -2.08. The van der Waals surface area contributed by atoms with Crippen molar-refractivity contribution in [1.82, 2.24) is 10.3 Å². The molecule has 1 unspecified atom stereocenters. The summed E-state index contributed by atoms with van der Waals surface area (Å²) in [7, 11) is 0. The number of hydrogen-bond donors (Lipinski definition) is 1. The summed E-state index contributed by atoms with van der Waals surface area (Å²) in [6, 6.07) is 5.87. The smallest absolute Gasteiger partial charge is 0.114 e. The third-order valence-corrected chi connectivity index (χ3v) is 1.73. The van der Waals surface area contributed by atoms with Crippen LogP contribution in [-0.2, 0) is 4.74 Å². The summed E-state index contributed by atoms with van der Waals surface area (Å²) in [5.41, 5.74) is 1.01. The molecule has 2 heterocycles. The zero-order valence-corrected chi connectivity index (χ0v) is 6.16. The Kier molecular flexibility index (Phi) is 1.83. The van der Waals surface area contributed by atoms with Gasteiger partial charge in [0.15, 0.2) is 0 Å². The highest BCUT2D eigenvalue weighted by Gasteiger charge is 2.17. The zero-order chi connectivity index (χ0) is 7.52. The van der Waals surface area contributed by atoms with Gasteiger partial charge in [-0.3, -0.25) is 10.3 Å². The van der Waals surface area contributed by atoms with Crippen LogP contribution in [0.2, 0.25) is 0 Å². The molecule has 1 N–H and O–H groups in total. The molecule has 0 saturated carbocycles. The molecule has 58 valence electrons. The first-order chi connectivity index (χ1) is 5.47. The summed E-state index contributed by atoms with van der Waals surface area (Å²) in [5.74, 6) is 0. The predicted molar refractivity (Wildman–Crippen MR) is 40.9 cm³/mol. The molecular weight excluding hydrogens is 140 g/mol. The van der Waals surface area contributed by atoms with Crippen molar-refractivity contribution >= 4 is 0 Å². The van der Waals surface area contributed by atoms with Crippen LogP contribution in [0.5, 0.6) is 0 Å². The second-order valence-electron chi connectivity index (χ2n) is 2.51. The van der Waals surface area contributed by atoms with Crippen LogP contribution in [0.3, 0.4) is 0 Å². The lowest BCUT2D eigenvalue weighted by atomic mass is 10.2. The molecule has 0 bridgehead atoms. The molecule has 1 aromatic rings. The summed E-state index contributed by atoms with van der Waals surface area (Å²) in [4.78, 5) is 4.20. The molecule has 3 heteroatoms. The quantitative estimate of drug-likeness (QED) is 0.640. The molecule has 1 aliphatic heterocycles. The van der Waals surface area contributed by atoms with Crippen molar-refractivity contribution in [3.8, 4) is 0 Å². The summed E-state index contributed by atoms with van der Waals surface area (Å²) in [6.45, 7) is 1.51. The highest BCUT2D eigenvalue weighted by molar-refractivity contribution is 5.07. The molecule has 0 aromatic carbocycles. The van der Waals surface area contributed by atoms with Crippen molar-refractivity contribution in [1.29, 1.82) is 0 Å². The molecule has 0 spiro atoms. The number of rotatable bonds is 1. The summed E-state index contributed by atoms with van der Waals surface area (Å²) >= 11 is 0. The highest BCUT2D eigenvalue weighted by Crippen LogP contribution is 2.15. The number of pyridine rings is 1. The SMILES string of the molecule is c1ccc(C2CNCO2)nc1. The van der Waals surface area contributed by atoms with Crippen LogP contribution in [-0.4, -0.2) is 18.3 Å². The molecular formula is C8H10N2O. The molecule has 1 atom stereocenters. The Balaban J connectivity index is 2.16. The molecule has 11 heavy (non-hydrogen) atoms. The molecule has 0 aliphatic carbocycles. The van der Waals surface area contributed by atoms with Gasteiger partial charge in [0.05, 0.1) is 12.4 Å². The van der Waals surface area contributed by atoms with Crippen LogP contribution < -0.4 is 5.32 Å². The Hall–Kier alpha value is -0.930. The predicted octanol–water partition coefficient (Wildman–Crippen LogP) is 0.700. The largest absolute Gasteiger partial charge is 0.355 e. The third-order valence-electron chi connectivity index (χ3n) is 1.73. The second kappa shape index (κ2) is 2.98. The Morgan fingerprint density at radius 2 is 2.55 bits per heavy atom. The minimum absolute atomic E-state index is 0.149. The van der Waals surface area contributed by atoms with E-state index in [9.17, 15) is 0 Å². The average molecular weight is 150 g/mol. The van der Waals surface area contributed by atoms with Crippen molar-refractivity contribution < 1.29 is 4.74 Å². The number of hydrogen-bond acceptors (Lipinski definition) is 3. The standard InChI is InChI=1S/C8H10N2O/c1-2-4-10-7(3-1)8-5-9-6-11-8/h1-4,8-9H,5-6H2. The first kappa shape index (κ1) is 6.76. The fourth-order valence-corrected chi connectivity index (χ4v) is 1.16. The maximum atomic E-state index is 5.37. The molecule has 1 aliphatic rings. The van der Waals surface area contributed by atoms with Crippen molar-refractivity contribution in [2.45, 2.75) is 6.10 Å². The van der Waals surface area contributed by atoms with Crippen molar-refractivity contribution in [2.75, 3.05) is 13.3 Å². The highest BCUT2D eigenvalue weighted by atomic mass is 16.5. The van der Waals surface area contributed by atoms with Gasteiger partial charge in [-0.15, -0.1) is 0 Å². The number of nitrogens with one attached hydrogen (secondary N) is 1. The van der Waals surface area contributed by atoms with Crippen LogP contribution in [0.4, 0.5) is 0 Å². The van der Waals surface area contributed by atoms with Gasteiger partial charge in [-0.25, -0.2) is 0 Å². The van der Waals surface area contributed by atoms with E-state index in [0.29, 0.717) is 6.73 Å². The van der Waals surface area contributed by atoms with E-state index in [-0.39, 0.29) is 6.10 Å². The fraction of sp³-hybridized carbons (Fsp3) is 0.375. The lowest BCUT2D eigenvalue weighted by molar-refractivity contribution is 0.111. The van der Waals surface area contributed by atoms with Gasteiger partial charge in [-0.05, 0) is 12.1 Å². The summed E-state index contributed by atoms with van der Waals surface area (Å²) in [5, 5.41) is 3.11. The number of ether oxygens (including phenoxy) is 1. The van der Waals surface area contributed by atoms with Crippen molar-refractivity contribution in [3.63, 3.8) is 0 Å². The molecule has 3 nitrogen and oxygen atoms in total. The molecule has 1 fully saturated rings. The molecule has 1 saturated heterocycles. The second-order valence-corrected chi connectivity index (χ2v) is 2.51. The number of aromatic nitrogens is 1. The van der Waals surface area contributed by atoms with Crippen molar-refractivity contribution in [3.05, 3.63) is 30.1 Å². The topological polar surface area (TPSA) is 34.1 Å². The van der Waals surface area contributed by atoms with Crippen LogP contribution in [0.25, 0.3) is 0 Å².